The Balaban J connectivity index is 2.63. The van der Waals surface area contributed by atoms with E-state index in [1.54, 1.807) is 0 Å². The van der Waals surface area contributed by atoms with E-state index in [0.717, 1.165) is 0 Å². The van der Waals surface area contributed by atoms with Crippen LogP contribution in [-0.2, 0) is 9.53 Å². The number of carboxylic acid groups (broad SMARTS) is 1. The maximum atomic E-state index is 11.1. The van der Waals surface area contributed by atoms with Crippen molar-refractivity contribution in [2.24, 2.45) is 0 Å². The summed E-state index contributed by atoms with van der Waals surface area (Å²) in [5.74, 6) is -1.20. The summed E-state index contributed by atoms with van der Waals surface area (Å²) in [5.41, 5.74) is 0.336. The number of ether oxygens (including phenoxy) is 1. The molecule has 0 aliphatic rings. The lowest BCUT2D eigenvalue weighted by Crippen LogP contribution is -2.33. The van der Waals surface area contributed by atoms with Gasteiger partial charge in [-0.2, -0.15) is 0 Å². The Hall–Kier alpha value is -2.24. The van der Waals surface area contributed by atoms with Gasteiger partial charge in [-0.1, -0.05) is 12.7 Å². The third-order valence-electron chi connectivity index (χ3n) is 1.72. The van der Waals surface area contributed by atoms with Gasteiger partial charge in [0.05, 0.1) is 12.5 Å². The normalized spacial score (nSPS) is 11.5. The standard InChI is InChI=1S/C10H11NO5/c1-2-4-16-10(14)11-8(9(12)13)7-3-5-15-6-7/h2-3,5-6,8H,1,4H2,(H,11,14)(H,12,13). The van der Waals surface area contributed by atoms with Crippen LogP contribution in [0.5, 0.6) is 0 Å². The van der Waals surface area contributed by atoms with Crippen LogP contribution in [0.4, 0.5) is 4.79 Å². The average molecular weight is 225 g/mol. The topological polar surface area (TPSA) is 88.8 Å². The minimum Gasteiger partial charge on any atom is -0.479 e. The molecule has 1 aromatic heterocycles. The van der Waals surface area contributed by atoms with Crippen molar-refractivity contribution in [3.05, 3.63) is 36.8 Å². The second-order valence-corrected chi connectivity index (χ2v) is 2.86. The minimum absolute atomic E-state index is 0.0174. The molecular weight excluding hydrogens is 214 g/mol. The summed E-state index contributed by atoms with van der Waals surface area (Å²) in [6.45, 7) is 3.38. The van der Waals surface area contributed by atoms with E-state index >= 15 is 0 Å². The number of carbonyl (C=O) groups excluding carboxylic acids is 1. The molecule has 1 heterocycles. The molecule has 6 nitrogen and oxygen atoms in total. The SMILES string of the molecule is C=CCOC(=O)NC(C(=O)O)c1ccoc1. The summed E-state index contributed by atoms with van der Waals surface area (Å²) < 4.78 is 9.34. The van der Waals surface area contributed by atoms with E-state index in [1.165, 1.54) is 24.7 Å². The second-order valence-electron chi connectivity index (χ2n) is 2.86. The third kappa shape index (κ3) is 3.16. The predicted molar refractivity (Wildman–Crippen MR) is 53.8 cm³/mol. The van der Waals surface area contributed by atoms with E-state index in [2.05, 4.69) is 16.6 Å². The Labute approximate surface area is 91.5 Å². The molecule has 1 amide bonds. The first-order valence-corrected chi connectivity index (χ1v) is 4.44. The number of carbonyl (C=O) groups is 2. The fourth-order valence-electron chi connectivity index (χ4n) is 1.02. The summed E-state index contributed by atoms with van der Waals surface area (Å²) in [4.78, 5) is 22.0. The average Bonchev–Trinajstić information content (AvgIpc) is 2.75. The molecule has 0 radical (unpaired) electrons. The zero-order valence-corrected chi connectivity index (χ0v) is 8.38. The Morgan fingerprint density at radius 2 is 2.44 bits per heavy atom. The van der Waals surface area contributed by atoms with Crippen molar-refractivity contribution in [1.29, 1.82) is 0 Å². The molecule has 0 bridgehead atoms. The molecule has 0 aliphatic carbocycles. The van der Waals surface area contributed by atoms with Crippen LogP contribution in [0.15, 0.2) is 35.7 Å². The van der Waals surface area contributed by atoms with Crippen LogP contribution in [0, 0.1) is 0 Å². The molecule has 1 rings (SSSR count). The molecule has 0 saturated heterocycles. The first-order chi connectivity index (χ1) is 7.65. The van der Waals surface area contributed by atoms with Crippen molar-refractivity contribution in [3.8, 4) is 0 Å². The van der Waals surface area contributed by atoms with Crippen LogP contribution < -0.4 is 5.32 Å². The zero-order valence-electron chi connectivity index (χ0n) is 8.38. The number of alkyl carbamates (subject to hydrolysis) is 1. The van der Waals surface area contributed by atoms with E-state index in [0.29, 0.717) is 5.56 Å². The molecule has 1 aromatic rings. The Bertz CT molecular complexity index is 371. The number of carboxylic acids is 1. The van der Waals surface area contributed by atoms with E-state index in [1.807, 2.05) is 0 Å². The molecule has 0 aromatic carbocycles. The predicted octanol–water partition coefficient (Wildman–Crippen LogP) is 1.32. The highest BCUT2D eigenvalue weighted by atomic mass is 16.5. The maximum absolute atomic E-state index is 11.1. The highest BCUT2D eigenvalue weighted by molar-refractivity contribution is 5.81. The summed E-state index contributed by atoms with van der Waals surface area (Å²) in [6.07, 6.45) is 3.12. The van der Waals surface area contributed by atoms with Gasteiger partial charge < -0.3 is 19.6 Å². The van der Waals surface area contributed by atoms with Gasteiger partial charge in [0.25, 0.3) is 0 Å². The van der Waals surface area contributed by atoms with Crippen molar-refractivity contribution >= 4 is 12.1 Å². The van der Waals surface area contributed by atoms with E-state index in [9.17, 15) is 9.59 Å². The maximum Gasteiger partial charge on any atom is 0.408 e. The van der Waals surface area contributed by atoms with Crippen molar-refractivity contribution in [2.75, 3.05) is 6.61 Å². The summed E-state index contributed by atoms with van der Waals surface area (Å²) in [6, 6.07) is 0.267. The van der Waals surface area contributed by atoms with Gasteiger partial charge in [-0.15, -0.1) is 0 Å². The lowest BCUT2D eigenvalue weighted by Gasteiger charge is -2.12. The summed E-state index contributed by atoms with van der Waals surface area (Å²) >= 11 is 0. The number of furan rings is 1. The van der Waals surface area contributed by atoms with E-state index in [-0.39, 0.29) is 6.61 Å². The molecule has 1 unspecified atom stereocenters. The van der Waals surface area contributed by atoms with Gasteiger partial charge in [-0.25, -0.2) is 9.59 Å². The summed E-state index contributed by atoms with van der Waals surface area (Å²) in [7, 11) is 0. The van der Waals surface area contributed by atoms with Crippen LogP contribution in [0.3, 0.4) is 0 Å². The number of hydrogen-bond acceptors (Lipinski definition) is 4. The smallest absolute Gasteiger partial charge is 0.408 e. The zero-order chi connectivity index (χ0) is 12.0. The van der Waals surface area contributed by atoms with E-state index < -0.39 is 18.1 Å². The van der Waals surface area contributed by atoms with Crippen molar-refractivity contribution in [3.63, 3.8) is 0 Å². The molecule has 0 spiro atoms. The Morgan fingerprint density at radius 1 is 1.69 bits per heavy atom. The minimum atomic E-state index is -1.20. The van der Waals surface area contributed by atoms with Gasteiger partial charge >= 0.3 is 12.1 Å². The molecule has 86 valence electrons. The largest absolute Gasteiger partial charge is 0.479 e. The molecule has 0 saturated carbocycles. The molecule has 0 fully saturated rings. The Morgan fingerprint density at radius 3 is 2.94 bits per heavy atom. The highest BCUT2D eigenvalue weighted by Gasteiger charge is 2.23. The van der Waals surface area contributed by atoms with Gasteiger partial charge in [0.15, 0.2) is 6.04 Å². The quantitative estimate of drug-likeness (QED) is 0.737. The molecule has 6 heteroatoms. The number of aliphatic carboxylic acids is 1. The Kier molecular flexibility index (Phi) is 4.14. The number of hydrogen-bond donors (Lipinski definition) is 2. The summed E-state index contributed by atoms with van der Waals surface area (Å²) in [5, 5.41) is 11.1. The molecule has 0 aliphatic heterocycles. The van der Waals surface area contributed by atoms with Gasteiger partial charge in [0.1, 0.15) is 6.61 Å². The van der Waals surface area contributed by atoms with Gasteiger partial charge in [-0.3, -0.25) is 0 Å². The number of rotatable bonds is 5. The van der Waals surface area contributed by atoms with Crippen molar-refractivity contribution in [2.45, 2.75) is 6.04 Å². The monoisotopic (exact) mass is 225 g/mol. The van der Waals surface area contributed by atoms with Crippen LogP contribution in [-0.4, -0.2) is 23.8 Å². The second kappa shape index (κ2) is 5.59. The van der Waals surface area contributed by atoms with Crippen LogP contribution in [0.2, 0.25) is 0 Å². The molecular formula is C10H11NO5. The van der Waals surface area contributed by atoms with Crippen LogP contribution >= 0.6 is 0 Å². The van der Waals surface area contributed by atoms with Gasteiger partial charge in [0.2, 0.25) is 0 Å². The lowest BCUT2D eigenvalue weighted by molar-refractivity contribution is -0.139. The van der Waals surface area contributed by atoms with Crippen molar-refractivity contribution in [1.82, 2.24) is 5.32 Å². The fraction of sp³-hybridized carbons (Fsp3) is 0.200. The van der Waals surface area contributed by atoms with E-state index in [4.69, 9.17) is 9.52 Å². The molecule has 1 atom stereocenters. The first-order valence-electron chi connectivity index (χ1n) is 4.44. The molecule has 2 N–H and O–H groups in total. The first kappa shape index (κ1) is 11.8. The fourth-order valence-corrected chi connectivity index (χ4v) is 1.02. The third-order valence-corrected chi connectivity index (χ3v) is 1.72. The highest BCUT2D eigenvalue weighted by Crippen LogP contribution is 2.13. The van der Waals surface area contributed by atoms with Gasteiger partial charge in [-0.05, 0) is 6.07 Å². The number of amides is 1. The van der Waals surface area contributed by atoms with Crippen LogP contribution in [0.1, 0.15) is 11.6 Å². The van der Waals surface area contributed by atoms with Gasteiger partial charge in [0, 0.05) is 5.56 Å². The lowest BCUT2D eigenvalue weighted by atomic mass is 10.1. The molecule has 16 heavy (non-hydrogen) atoms. The van der Waals surface area contributed by atoms with Crippen LogP contribution in [0.25, 0.3) is 0 Å². The van der Waals surface area contributed by atoms with Crippen molar-refractivity contribution < 1.29 is 23.8 Å². The number of nitrogens with one attached hydrogen (secondary N) is 1.